The first kappa shape index (κ1) is 20.6. The molecule has 1 fully saturated rings. The molecule has 8 heteroatoms. The zero-order valence-electron chi connectivity index (χ0n) is 17.1. The van der Waals surface area contributed by atoms with Crippen LogP contribution in [0.5, 0.6) is 5.75 Å². The van der Waals surface area contributed by atoms with Gasteiger partial charge in [0.2, 0.25) is 10.0 Å². The second-order valence-corrected chi connectivity index (χ2v) is 9.34. The lowest BCUT2D eigenvalue weighted by Crippen LogP contribution is -2.48. The highest BCUT2D eigenvalue weighted by Gasteiger charge is 2.28. The van der Waals surface area contributed by atoms with E-state index in [0.717, 1.165) is 28.3 Å². The molecule has 4 rings (SSSR count). The first-order valence-corrected chi connectivity index (χ1v) is 11.3. The highest BCUT2D eigenvalue weighted by atomic mass is 32.2. The maximum absolute atomic E-state index is 12.8. The molecule has 158 valence electrons. The zero-order valence-corrected chi connectivity index (χ0v) is 17.9. The van der Waals surface area contributed by atoms with Gasteiger partial charge >= 0.3 is 0 Å². The van der Waals surface area contributed by atoms with Crippen LogP contribution in [0.1, 0.15) is 11.3 Å². The number of hydrogen-bond acceptors (Lipinski definition) is 6. The lowest BCUT2D eigenvalue weighted by molar-refractivity contribution is 0.166. The number of sulfonamides is 1. The second kappa shape index (κ2) is 8.59. The molecule has 1 saturated heterocycles. The van der Waals surface area contributed by atoms with Crippen molar-refractivity contribution in [2.75, 3.05) is 33.3 Å². The number of aryl methyl sites for hydroxylation is 1. The van der Waals surface area contributed by atoms with Gasteiger partial charge in [0.1, 0.15) is 11.4 Å². The number of aromatic nitrogens is 1. The average molecular weight is 428 g/mol. The van der Waals surface area contributed by atoms with Crippen LogP contribution < -0.4 is 4.74 Å². The van der Waals surface area contributed by atoms with Crippen molar-refractivity contribution in [2.24, 2.45) is 0 Å². The Morgan fingerprint density at radius 3 is 2.30 bits per heavy atom. The molecule has 0 radical (unpaired) electrons. The molecule has 0 saturated carbocycles. The molecule has 30 heavy (non-hydrogen) atoms. The Morgan fingerprint density at radius 1 is 1.00 bits per heavy atom. The molecular weight excluding hydrogens is 402 g/mol. The maximum Gasteiger partial charge on any atom is 0.243 e. The van der Waals surface area contributed by atoms with E-state index in [1.54, 1.807) is 23.5 Å². The quantitative estimate of drug-likeness (QED) is 0.602. The molecule has 0 amide bonds. The summed E-state index contributed by atoms with van der Waals surface area (Å²) in [7, 11) is -1.82. The van der Waals surface area contributed by atoms with Gasteiger partial charge in [0.25, 0.3) is 0 Å². The van der Waals surface area contributed by atoms with Crippen molar-refractivity contribution in [1.82, 2.24) is 14.4 Å². The van der Waals surface area contributed by atoms with Gasteiger partial charge in [0.15, 0.2) is 5.76 Å². The molecule has 0 bridgehead atoms. The summed E-state index contributed by atoms with van der Waals surface area (Å²) in [5, 5.41) is 4.16. The predicted octanol–water partition coefficient (Wildman–Crippen LogP) is 3.17. The predicted molar refractivity (Wildman–Crippen MR) is 114 cm³/mol. The smallest absolute Gasteiger partial charge is 0.243 e. The Hall–Kier alpha value is -2.68. The molecule has 1 aliphatic rings. The van der Waals surface area contributed by atoms with Crippen LogP contribution in [-0.4, -0.2) is 56.1 Å². The van der Waals surface area contributed by atoms with Crippen LogP contribution in [-0.2, 0) is 16.6 Å². The fourth-order valence-electron chi connectivity index (χ4n) is 3.49. The van der Waals surface area contributed by atoms with Crippen molar-refractivity contribution in [1.29, 1.82) is 0 Å². The molecule has 1 aromatic heterocycles. The molecule has 0 atom stereocenters. The van der Waals surface area contributed by atoms with Crippen LogP contribution in [0.3, 0.4) is 0 Å². The standard InChI is InChI=1S/C22H25N3O4S/c1-17-3-9-21(10-4-17)30(26,27)25-13-11-24(12-14-25)16-20-15-22(23-29-20)18-5-7-19(28-2)8-6-18/h3-10,15H,11-14,16H2,1-2H3. The number of piperazine rings is 1. The van der Waals surface area contributed by atoms with Crippen molar-refractivity contribution < 1.29 is 17.7 Å². The minimum absolute atomic E-state index is 0.348. The van der Waals surface area contributed by atoms with Gasteiger partial charge in [-0.1, -0.05) is 22.9 Å². The average Bonchev–Trinajstić information content (AvgIpc) is 3.23. The van der Waals surface area contributed by atoms with Crippen LogP contribution in [0, 0.1) is 6.92 Å². The van der Waals surface area contributed by atoms with E-state index in [1.165, 1.54) is 0 Å². The van der Waals surface area contributed by atoms with Crippen LogP contribution in [0.2, 0.25) is 0 Å². The van der Waals surface area contributed by atoms with E-state index in [0.29, 0.717) is 37.6 Å². The largest absolute Gasteiger partial charge is 0.497 e. The van der Waals surface area contributed by atoms with Gasteiger partial charge in [-0.3, -0.25) is 4.90 Å². The van der Waals surface area contributed by atoms with Gasteiger partial charge in [-0.05, 0) is 43.3 Å². The first-order chi connectivity index (χ1) is 14.5. The number of benzene rings is 2. The van der Waals surface area contributed by atoms with E-state index in [2.05, 4.69) is 10.1 Å². The molecule has 2 aromatic carbocycles. The molecule has 3 aromatic rings. The summed E-state index contributed by atoms with van der Waals surface area (Å²) in [6.07, 6.45) is 0. The number of methoxy groups -OCH3 is 1. The van der Waals surface area contributed by atoms with Crippen LogP contribution in [0.4, 0.5) is 0 Å². The molecule has 2 heterocycles. The molecule has 0 spiro atoms. The molecule has 1 aliphatic heterocycles. The van der Waals surface area contributed by atoms with Crippen molar-refractivity contribution in [3.63, 3.8) is 0 Å². The van der Waals surface area contributed by atoms with Gasteiger partial charge in [0, 0.05) is 37.8 Å². The molecular formula is C22H25N3O4S. The van der Waals surface area contributed by atoms with Crippen molar-refractivity contribution in [3.05, 3.63) is 65.9 Å². The van der Waals surface area contributed by atoms with Gasteiger partial charge in [-0.15, -0.1) is 0 Å². The van der Waals surface area contributed by atoms with Crippen molar-refractivity contribution in [3.8, 4) is 17.0 Å². The minimum Gasteiger partial charge on any atom is -0.497 e. The molecule has 0 N–H and O–H groups in total. The molecule has 0 aliphatic carbocycles. The fraction of sp³-hybridized carbons (Fsp3) is 0.318. The summed E-state index contributed by atoms with van der Waals surface area (Å²) in [6, 6.07) is 16.6. The normalized spacial score (nSPS) is 15.9. The minimum atomic E-state index is -3.45. The lowest BCUT2D eigenvalue weighted by atomic mass is 10.1. The number of hydrogen-bond donors (Lipinski definition) is 0. The Balaban J connectivity index is 1.36. The maximum atomic E-state index is 12.8. The summed E-state index contributed by atoms with van der Waals surface area (Å²) in [4.78, 5) is 2.53. The summed E-state index contributed by atoms with van der Waals surface area (Å²) >= 11 is 0. The van der Waals surface area contributed by atoms with Crippen LogP contribution >= 0.6 is 0 Å². The topological polar surface area (TPSA) is 75.9 Å². The first-order valence-electron chi connectivity index (χ1n) is 9.85. The van der Waals surface area contributed by atoms with E-state index in [1.807, 2.05) is 49.4 Å². The Morgan fingerprint density at radius 2 is 1.67 bits per heavy atom. The number of rotatable bonds is 6. The van der Waals surface area contributed by atoms with Crippen LogP contribution in [0.15, 0.2) is 64.0 Å². The van der Waals surface area contributed by atoms with E-state index in [4.69, 9.17) is 9.26 Å². The highest BCUT2D eigenvalue weighted by Crippen LogP contribution is 2.23. The monoisotopic (exact) mass is 427 g/mol. The van der Waals surface area contributed by atoms with Gasteiger partial charge < -0.3 is 9.26 Å². The molecule has 0 unspecified atom stereocenters. The zero-order chi connectivity index (χ0) is 21.1. The highest BCUT2D eigenvalue weighted by molar-refractivity contribution is 7.89. The molecule has 7 nitrogen and oxygen atoms in total. The van der Waals surface area contributed by atoms with Gasteiger partial charge in [-0.2, -0.15) is 4.31 Å². The summed E-state index contributed by atoms with van der Waals surface area (Å²) in [5.74, 6) is 1.55. The Kier molecular flexibility index (Phi) is 5.90. The van der Waals surface area contributed by atoms with E-state index in [-0.39, 0.29) is 0 Å². The third-order valence-corrected chi connectivity index (χ3v) is 7.23. The second-order valence-electron chi connectivity index (χ2n) is 7.40. The lowest BCUT2D eigenvalue weighted by Gasteiger charge is -2.33. The van der Waals surface area contributed by atoms with Crippen molar-refractivity contribution >= 4 is 10.0 Å². The van der Waals surface area contributed by atoms with Crippen LogP contribution in [0.25, 0.3) is 11.3 Å². The van der Waals surface area contributed by atoms with Gasteiger partial charge in [0.05, 0.1) is 18.6 Å². The van der Waals surface area contributed by atoms with Gasteiger partial charge in [-0.25, -0.2) is 8.42 Å². The third kappa shape index (κ3) is 4.40. The SMILES string of the molecule is COc1ccc(-c2cc(CN3CCN(S(=O)(=O)c4ccc(C)cc4)CC3)on2)cc1. The summed E-state index contributed by atoms with van der Waals surface area (Å²) in [6.45, 7) is 4.74. The summed E-state index contributed by atoms with van der Waals surface area (Å²) < 4.78 is 37.9. The Labute approximate surface area is 176 Å². The van der Waals surface area contributed by atoms with Crippen molar-refractivity contribution in [2.45, 2.75) is 18.4 Å². The fourth-order valence-corrected chi connectivity index (χ4v) is 4.92. The van der Waals surface area contributed by atoms with E-state index >= 15 is 0 Å². The number of nitrogens with zero attached hydrogens (tertiary/aromatic N) is 3. The summed E-state index contributed by atoms with van der Waals surface area (Å²) in [5.41, 5.74) is 2.77. The van der Waals surface area contributed by atoms with E-state index < -0.39 is 10.0 Å². The Bertz CT molecular complexity index is 1080. The number of ether oxygens (including phenoxy) is 1. The third-order valence-electron chi connectivity index (χ3n) is 5.31. The van der Waals surface area contributed by atoms with E-state index in [9.17, 15) is 8.42 Å².